The molecular weight excluding hydrogens is 374 g/mol. The van der Waals surface area contributed by atoms with Crippen molar-refractivity contribution in [2.24, 2.45) is 5.41 Å². The molecule has 0 fully saturated rings. The number of nitriles is 1. The van der Waals surface area contributed by atoms with Gasteiger partial charge in [-0.2, -0.15) is 5.26 Å². The standard InChI is InChI=1S/C18H18ClN3O3S/c1-12-7-8-14(21-17(23)18(2,3)11-20)10-16(12)26(24,25)22-15-6-4-5-13(19)9-15/h4-10,22H,1-3H3,(H,21,23). The van der Waals surface area contributed by atoms with Crippen molar-refractivity contribution in [1.29, 1.82) is 5.26 Å². The third-order valence-electron chi connectivity index (χ3n) is 3.66. The second-order valence-electron chi connectivity index (χ2n) is 6.29. The maximum absolute atomic E-state index is 12.7. The molecule has 2 N–H and O–H groups in total. The fraction of sp³-hybridized carbons (Fsp3) is 0.222. The van der Waals surface area contributed by atoms with Gasteiger partial charge in [-0.05, 0) is 56.7 Å². The number of rotatable bonds is 5. The van der Waals surface area contributed by atoms with Gasteiger partial charge in [0.05, 0.1) is 16.7 Å². The van der Waals surface area contributed by atoms with Crippen LogP contribution in [0.1, 0.15) is 19.4 Å². The maximum Gasteiger partial charge on any atom is 0.262 e. The molecule has 0 aliphatic rings. The Morgan fingerprint density at radius 1 is 1.15 bits per heavy atom. The normalized spacial score (nSPS) is 11.5. The number of hydrogen-bond acceptors (Lipinski definition) is 4. The Bertz CT molecular complexity index is 995. The molecule has 0 unspecified atom stereocenters. The molecule has 0 saturated heterocycles. The van der Waals surface area contributed by atoms with Gasteiger partial charge in [-0.1, -0.05) is 23.7 Å². The first kappa shape index (κ1) is 19.8. The number of carbonyl (C=O) groups is 1. The third-order valence-corrected chi connectivity index (χ3v) is 5.42. The van der Waals surface area contributed by atoms with Crippen molar-refractivity contribution in [2.75, 3.05) is 10.0 Å². The maximum atomic E-state index is 12.7. The molecule has 2 rings (SSSR count). The monoisotopic (exact) mass is 391 g/mol. The number of halogens is 1. The summed E-state index contributed by atoms with van der Waals surface area (Å²) in [5, 5.41) is 12.0. The fourth-order valence-corrected chi connectivity index (χ4v) is 3.58. The van der Waals surface area contributed by atoms with Crippen molar-refractivity contribution in [3.05, 3.63) is 53.1 Å². The summed E-state index contributed by atoms with van der Waals surface area (Å²) in [7, 11) is -3.89. The molecule has 6 nitrogen and oxygen atoms in total. The first-order valence-electron chi connectivity index (χ1n) is 7.67. The van der Waals surface area contributed by atoms with E-state index in [1.165, 1.54) is 26.0 Å². The summed E-state index contributed by atoms with van der Waals surface area (Å²) in [4.78, 5) is 12.1. The summed E-state index contributed by atoms with van der Waals surface area (Å²) in [6.07, 6.45) is 0. The molecule has 0 aliphatic carbocycles. The van der Waals surface area contributed by atoms with Gasteiger partial charge >= 0.3 is 0 Å². The van der Waals surface area contributed by atoms with Crippen LogP contribution in [0.2, 0.25) is 5.02 Å². The minimum absolute atomic E-state index is 0.0186. The van der Waals surface area contributed by atoms with Crippen LogP contribution < -0.4 is 10.0 Å². The highest BCUT2D eigenvalue weighted by molar-refractivity contribution is 7.92. The molecule has 0 saturated carbocycles. The van der Waals surface area contributed by atoms with Crippen LogP contribution in [0.25, 0.3) is 0 Å². The number of hydrogen-bond donors (Lipinski definition) is 2. The second kappa shape index (κ2) is 7.36. The molecule has 2 aromatic carbocycles. The zero-order valence-electron chi connectivity index (χ0n) is 14.5. The van der Waals surface area contributed by atoms with E-state index in [1.807, 2.05) is 6.07 Å². The Morgan fingerprint density at radius 3 is 2.46 bits per heavy atom. The lowest BCUT2D eigenvalue weighted by atomic mass is 9.94. The Labute approximate surface area is 157 Å². The van der Waals surface area contributed by atoms with Gasteiger partial charge in [0.1, 0.15) is 5.41 Å². The van der Waals surface area contributed by atoms with Gasteiger partial charge in [0.25, 0.3) is 10.0 Å². The number of nitrogens with zero attached hydrogens (tertiary/aromatic N) is 1. The summed E-state index contributed by atoms with van der Waals surface area (Å²) in [6.45, 7) is 4.61. The molecule has 8 heteroatoms. The number of amides is 1. The van der Waals surface area contributed by atoms with Crippen LogP contribution in [0.15, 0.2) is 47.4 Å². The smallest absolute Gasteiger partial charge is 0.262 e. The predicted octanol–water partition coefficient (Wildman–Crippen LogP) is 3.94. The Balaban J connectivity index is 2.34. The number of carbonyl (C=O) groups excluding carboxylic acids is 1. The Kier molecular flexibility index (Phi) is 5.59. The van der Waals surface area contributed by atoms with E-state index in [2.05, 4.69) is 10.0 Å². The van der Waals surface area contributed by atoms with Crippen LogP contribution in [0.3, 0.4) is 0 Å². The first-order valence-corrected chi connectivity index (χ1v) is 9.53. The lowest BCUT2D eigenvalue weighted by molar-refractivity contribution is -0.121. The SMILES string of the molecule is Cc1ccc(NC(=O)C(C)(C)C#N)cc1S(=O)(=O)Nc1cccc(Cl)c1. The molecule has 136 valence electrons. The first-order chi connectivity index (χ1) is 12.0. The van der Waals surface area contributed by atoms with E-state index >= 15 is 0 Å². The molecule has 0 atom stereocenters. The largest absolute Gasteiger partial charge is 0.325 e. The van der Waals surface area contributed by atoms with Crippen LogP contribution in [0, 0.1) is 23.7 Å². The number of benzene rings is 2. The lowest BCUT2D eigenvalue weighted by Crippen LogP contribution is -2.29. The van der Waals surface area contributed by atoms with Gasteiger partial charge < -0.3 is 5.32 Å². The summed E-state index contributed by atoms with van der Waals surface area (Å²) in [5.41, 5.74) is -0.104. The molecule has 0 heterocycles. The lowest BCUT2D eigenvalue weighted by Gasteiger charge is -2.16. The van der Waals surface area contributed by atoms with Crippen molar-refractivity contribution in [3.8, 4) is 6.07 Å². The van der Waals surface area contributed by atoms with E-state index in [4.69, 9.17) is 16.9 Å². The quantitative estimate of drug-likeness (QED) is 0.806. The summed E-state index contributed by atoms with van der Waals surface area (Å²) in [5.74, 6) is -0.519. The van der Waals surface area contributed by atoms with Gasteiger partial charge in [-0.15, -0.1) is 0 Å². The highest BCUT2D eigenvalue weighted by Gasteiger charge is 2.27. The highest BCUT2D eigenvalue weighted by atomic mass is 35.5. The van der Waals surface area contributed by atoms with Gasteiger partial charge in [0.15, 0.2) is 0 Å². The zero-order valence-corrected chi connectivity index (χ0v) is 16.1. The van der Waals surface area contributed by atoms with Crippen molar-refractivity contribution >= 4 is 38.9 Å². The minimum atomic E-state index is -3.89. The highest BCUT2D eigenvalue weighted by Crippen LogP contribution is 2.25. The van der Waals surface area contributed by atoms with Crippen LogP contribution in [0.4, 0.5) is 11.4 Å². The van der Waals surface area contributed by atoms with Crippen LogP contribution in [-0.2, 0) is 14.8 Å². The molecule has 2 aromatic rings. The predicted molar refractivity (Wildman–Crippen MR) is 101 cm³/mol. The molecule has 0 aromatic heterocycles. The van der Waals surface area contributed by atoms with E-state index in [1.54, 1.807) is 37.3 Å². The van der Waals surface area contributed by atoms with Crippen molar-refractivity contribution in [3.63, 3.8) is 0 Å². The molecule has 0 spiro atoms. The van der Waals surface area contributed by atoms with Crippen LogP contribution in [-0.4, -0.2) is 14.3 Å². The average Bonchev–Trinajstić information content (AvgIpc) is 2.56. The third kappa shape index (κ3) is 4.54. The number of nitrogens with one attached hydrogen (secondary N) is 2. The van der Waals surface area contributed by atoms with Gasteiger partial charge in [0, 0.05) is 10.7 Å². The van der Waals surface area contributed by atoms with Gasteiger partial charge in [-0.25, -0.2) is 8.42 Å². The summed E-state index contributed by atoms with van der Waals surface area (Å²) < 4.78 is 27.9. The second-order valence-corrected chi connectivity index (χ2v) is 8.37. The molecule has 0 radical (unpaired) electrons. The topological polar surface area (TPSA) is 99.1 Å². The molecule has 1 amide bonds. The van der Waals surface area contributed by atoms with E-state index in [9.17, 15) is 13.2 Å². The summed E-state index contributed by atoms with van der Waals surface area (Å²) >= 11 is 5.88. The molecular formula is C18H18ClN3O3S. The Hall–Kier alpha value is -2.56. The van der Waals surface area contributed by atoms with Gasteiger partial charge in [-0.3, -0.25) is 9.52 Å². The number of sulfonamides is 1. The number of anilines is 2. The van der Waals surface area contributed by atoms with E-state index < -0.39 is 21.3 Å². The zero-order chi connectivity index (χ0) is 19.5. The van der Waals surface area contributed by atoms with E-state index in [-0.39, 0.29) is 10.6 Å². The number of aryl methyl sites for hydroxylation is 1. The molecule has 26 heavy (non-hydrogen) atoms. The van der Waals surface area contributed by atoms with Crippen LogP contribution >= 0.6 is 11.6 Å². The van der Waals surface area contributed by atoms with Crippen molar-refractivity contribution < 1.29 is 13.2 Å². The summed E-state index contributed by atoms with van der Waals surface area (Å²) in [6, 6.07) is 12.8. The van der Waals surface area contributed by atoms with E-state index in [0.717, 1.165) is 0 Å². The van der Waals surface area contributed by atoms with Gasteiger partial charge in [0.2, 0.25) is 5.91 Å². The van der Waals surface area contributed by atoms with Crippen molar-refractivity contribution in [2.45, 2.75) is 25.7 Å². The van der Waals surface area contributed by atoms with Crippen LogP contribution in [0.5, 0.6) is 0 Å². The average molecular weight is 392 g/mol. The fourth-order valence-electron chi connectivity index (χ4n) is 2.07. The van der Waals surface area contributed by atoms with E-state index in [0.29, 0.717) is 16.3 Å². The minimum Gasteiger partial charge on any atom is -0.325 e. The molecule has 0 bridgehead atoms. The van der Waals surface area contributed by atoms with Crippen molar-refractivity contribution in [1.82, 2.24) is 0 Å². The molecule has 0 aliphatic heterocycles. The Morgan fingerprint density at radius 2 is 1.85 bits per heavy atom.